The molecule has 0 heterocycles. The third-order valence-electron chi connectivity index (χ3n) is 1.74. The topological polar surface area (TPSA) is 50.4 Å². The van der Waals surface area contributed by atoms with Crippen molar-refractivity contribution in [3.8, 4) is 0 Å². The summed E-state index contributed by atoms with van der Waals surface area (Å²) in [6.07, 6.45) is 3.49. The van der Waals surface area contributed by atoms with Gasteiger partial charge in [0.05, 0.1) is 0 Å². The fraction of sp³-hybridized carbons (Fsp3) is 0.200. The third-order valence-corrected chi connectivity index (χ3v) is 2.08. The first-order chi connectivity index (χ1) is 7.18. The third kappa shape index (κ3) is 5.34. The van der Waals surface area contributed by atoms with E-state index in [0.29, 0.717) is 0 Å². The van der Waals surface area contributed by atoms with E-state index < -0.39 is 0 Å². The van der Waals surface area contributed by atoms with Crippen molar-refractivity contribution in [1.29, 1.82) is 0 Å². The molecule has 15 heavy (non-hydrogen) atoms. The van der Waals surface area contributed by atoms with Crippen LogP contribution in [0.1, 0.15) is 12.0 Å². The molecule has 0 aliphatic carbocycles. The summed E-state index contributed by atoms with van der Waals surface area (Å²) < 4.78 is 0. The Balaban J connectivity index is 2.28. The SMILES string of the molecule is NC(=S)NN=CCCc1ccc(Cl)cc1. The van der Waals surface area contributed by atoms with E-state index in [0.717, 1.165) is 17.9 Å². The molecule has 3 N–H and O–H groups in total. The van der Waals surface area contributed by atoms with Crippen LogP contribution in [0.2, 0.25) is 5.02 Å². The number of benzene rings is 1. The zero-order chi connectivity index (χ0) is 11.1. The van der Waals surface area contributed by atoms with Crippen molar-refractivity contribution in [3.63, 3.8) is 0 Å². The smallest absolute Gasteiger partial charge is 0.184 e. The second-order valence-corrected chi connectivity index (χ2v) is 3.83. The largest absolute Gasteiger partial charge is 0.375 e. The Hall–Kier alpha value is -1.13. The maximum atomic E-state index is 5.77. The summed E-state index contributed by atoms with van der Waals surface area (Å²) >= 11 is 10.4. The Morgan fingerprint density at radius 2 is 2.13 bits per heavy atom. The zero-order valence-corrected chi connectivity index (χ0v) is 9.68. The molecule has 0 amide bonds. The van der Waals surface area contributed by atoms with Crippen molar-refractivity contribution in [2.24, 2.45) is 10.8 Å². The fourth-order valence-electron chi connectivity index (χ4n) is 1.06. The highest BCUT2D eigenvalue weighted by Gasteiger charge is 1.91. The lowest BCUT2D eigenvalue weighted by molar-refractivity contribution is 0.995. The standard InChI is InChI=1S/C10H12ClN3S/c11-9-5-3-8(4-6-9)2-1-7-13-14-10(12)15/h3-7H,1-2H2,(H3,12,14,15). The van der Waals surface area contributed by atoms with Gasteiger partial charge in [0.1, 0.15) is 0 Å². The first kappa shape index (κ1) is 11.9. The second kappa shape index (κ2) is 6.37. The van der Waals surface area contributed by atoms with Gasteiger partial charge in [-0.3, -0.25) is 5.43 Å². The first-order valence-electron chi connectivity index (χ1n) is 4.50. The van der Waals surface area contributed by atoms with E-state index in [9.17, 15) is 0 Å². The normalized spacial score (nSPS) is 10.5. The van der Waals surface area contributed by atoms with Crippen LogP contribution in [0.3, 0.4) is 0 Å². The Kier molecular flexibility index (Phi) is 5.07. The van der Waals surface area contributed by atoms with E-state index in [-0.39, 0.29) is 5.11 Å². The Morgan fingerprint density at radius 3 is 2.73 bits per heavy atom. The van der Waals surface area contributed by atoms with Crippen molar-refractivity contribution in [1.82, 2.24) is 5.43 Å². The number of nitrogens with two attached hydrogens (primary N) is 1. The summed E-state index contributed by atoms with van der Waals surface area (Å²) in [4.78, 5) is 0. The van der Waals surface area contributed by atoms with Gasteiger partial charge in [0.2, 0.25) is 0 Å². The van der Waals surface area contributed by atoms with Crippen LogP contribution in [0, 0.1) is 0 Å². The van der Waals surface area contributed by atoms with Crippen molar-refractivity contribution in [2.75, 3.05) is 0 Å². The molecule has 0 bridgehead atoms. The summed E-state index contributed by atoms with van der Waals surface area (Å²) in [5.41, 5.74) is 8.92. The number of hydrazone groups is 1. The number of hydrogen-bond acceptors (Lipinski definition) is 2. The van der Waals surface area contributed by atoms with E-state index in [4.69, 9.17) is 17.3 Å². The van der Waals surface area contributed by atoms with Gasteiger partial charge in [-0.1, -0.05) is 23.7 Å². The highest BCUT2D eigenvalue weighted by Crippen LogP contribution is 2.10. The lowest BCUT2D eigenvalue weighted by Crippen LogP contribution is -2.23. The van der Waals surface area contributed by atoms with Gasteiger partial charge in [-0.2, -0.15) is 5.10 Å². The maximum Gasteiger partial charge on any atom is 0.184 e. The molecule has 0 saturated heterocycles. The molecule has 0 aliphatic rings. The molecule has 3 nitrogen and oxygen atoms in total. The molecule has 0 fully saturated rings. The molecule has 5 heteroatoms. The van der Waals surface area contributed by atoms with Gasteiger partial charge in [-0.15, -0.1) is 0 Å². The van der Waals surface area contributed by atoms with Crippen molar-refractivity contribution >= 4 is 35.1 Å². The van der Waals surface area contributed by atoms with Gasteiger partial charge in [0.25, 0.3) is 0 Å². The summed E-state index contributed by atoms with van der Waals surface area (Å²) in [5.74, 6) is 0. The van der Waals surface area contributed by atoms with Crippen LogP contribution in [0.5, 0.6) is 0 Å². The van der Waals surface area contributed by atoms with Crippen LogP contribution in [0.4, 0.5) is 0 Å². The summed E-state index contributed by atoms with van der Waals surface area (Å²) in [5, 5.41) is 4.77. The predicted octanol–water partition coefficient (Wildman–Crippen LogP) is 2.09. The molecular formula is C10H12ClN3S. The molecule has 0 spiro atoms. The van der Waals surface area contributed by atoms with Crippen LogP contribution in [0.15, 0.2) is 29.4 Å². The van der Waals surface area contributed by atoms with Gasteiger partial charge < -0.3 is 5.73 Å². The lowest BCUT2D eigenvalue weighted by Gasteiger charge is -1.98. The van der Waals surface area contributed by atoms with Crippen LogP contribution in [-0.2, 0) is 6.42 Å². The zero-order valence-electron chi connectivity index (χ0n) is 8.11. The van der Waals surface area contributed by atoms with Crippen LogP contribution in [0.25, 0.3) is 0 Å². The Labute approximate surface area is 99.3 Å². The van der Waals surface area contributed by atoms with Gasteiger partial charge in [-0.25, -0.2) is 0 Å². The number of nitrogens with one attached hydrogen (secondary N) is 1. The second-order valence-electron chi connectivity index (χ2n) is 2.95. The fourth-order valence-corrected chi connectivity index (χ4v) is 1.23. The molecule has 0 saturated carbocycles. The van der Waals surface area contributed by atoms with Crippen LogP contribution in [-0.4, -0.2) is 11.3 Å². The Morgan fingerprint density at radius 1 is 1.47 bits per heavy atom. The number of nitrogens with zero attached hydrogens (tertiary/aromatic N) is 1. The summed E-state index contributed by atoms with van der Waals surface area (Å²) in [6.45, 7) is 0. The van der Waals surface area contributed by atoms with E-state index in [1.807, 2.05) is 24.3 Å². The summed E-state index contributed by atoms with van der Waals surface area (Å²) in [7, 11) is 0. The maximum absolute atomic E-state index is 5.77. The van der Waals surface area contributed by atoms with Crippen molar-refractivity contribution in [3.05, 3.63) is 34.9 Å². The molecule has 0 radical (unpaired) electrons. The van der Waals surface area contributed by atoms with Gasteiger partial charge in [0, 0.05) is 11.2 Å². The highest BCUT2D eigenvalue weighted by molar-refractivity contribution is 7.80. The monoisotopic (exact) mass is 241 g/mol. The molecule has 0 aromatic heterocycles. The van der Waals surface area contributed by atoms with E-state index in [2.05, 4.69) is 22.7 Å². The molecular weight excluding hydrogens is 230 g/mol. The number of hydrogen-bond donors (Lipinski definition) is 2. The molecule has 0 aliphatic heterocycles. The summed E-state index contributed by atoms with van der Waals surface area (Å²) in [6, 6.07) is 7.75. The highest BCUT2D eigenvalue weighted by atomic mass is 35.5. The predicted molar refractivity (Wildman–Crippen MR) is 68.2 cm³/mol. The van der Waals surface area contributed by atoms with Gasteiger partial charge in [0.15, 0.2) is 5.11 Å². The minimum atomic E-state index is 0.178. The quantitative estimate of drug-likeness (QED) is 0.482. The van der Waals surface area contributed by atoms with E-state index >= 15 is 0 Å². The molecule has 0 unspecified atom stereocenters. The van der Waals surface area contributed by atoms with E-state index in [1.165, 1.54) is 5.56 Å². The molecule has 80 valence electrons. The molecule has 1 aromatic carbocycles. The lowest BCUT2D eigenvalue weighted by atomic mass is 10.1. The van der Waals surface area contributed by atoms with Crippen molar-refractivity contribution in [2.45, 2.75) is 12.8 Å². The first-order valence-corrected chi connectivity index (χ1v) is 5.28. The number of aryl methyl sites for hydroxylation is 1. The molecule has 1 aromatic rings. The van der Waals surface area contributed by atoms with Gasteiger partial charge in [-0.05, 0) is 42.8 Å². The average molecular weight is 242 g/mol. The average Bonchev–Trinajstić information content (AvgIpc) is 2.20. The van der Waals surface area contributed by atoms with Gasteiger partial charge >= 0.3 is 0 Å². The minimum absolute atomic E-state index is 0.178. The minimum Gasteiger partial charge on any atom is -0.375 e. The molecule has 1 rings (SSSR count). The number of thiocarbonyl (C=S) groups is 1. The number of rotatable bonds is 4. The Bertz CT molecular complexity index is 348. The van der Waals surface area contributed by atoms with Crippen LogP contribution >= 0.6 is 23.8 Å². The van der Waals surface area contributed by atoms with E-state index in [1.54, 1.807) is 6.21 Å². The number of halogens is 1. The van der Waals surface area contributed by atoms with Crippen LogP contribution < -0.4 is 11.2 Å². The van der Waals surface area contributed by atoms with Crippen molar-refractivity contribution < 1.29 is 0 Å². The molecule has 0 atom stereocenters.